The average Bonchev–Trinajstić information content (AvgIpc) is 2.85. The number of para-hydroxylation sites is 2. The number of amides is 1. The minimum atomic E-state index is -0.319. The summed E-state index contributed by atoms with van der Waals surface area (Å²) in [6.07, 6.45) is 5.08. The first-order chi connectivity index (χ1) is 15.0. The third-order valence-electron chi connectivity index (χ3n) is 5.11. The predicted octanol–water partition coefficient (Wildman–Crippen LogP) is 4.56. The minimum absolute atomic E-state index is 0.0447. The van der Waals surface area contributed by atoms with E-state index in [0.29, 0.717) is 23.7 Å². The molecule has 0 atom stereocenters. The number of fused-ring (bicyclic) bond motifs is 2. The average molecular weight is 442 g/mol. The number of ether oxygens (including phenoxy) is 1. The third-order valence-corrected chi connectivity index (χ3v) is 5.34. The Morgan fingerprint density at radius 1 is 1.13 bits per heavy atom. The van der Waals surface area contributed by atoms with E-state index in [1.807, 2.05) is 30.3 Å². The van der Waals surface area contributed by atoms with E-state index in [2.05, 4.69) is 10.2 Å². The fourth-order valence-electron chi connectivity index (χ4n) is 3.60. The van der Waals surface area contributed by atoms with Gasteiger partial charge in [0.05, 0.1) is 29.2 Å². The first kappa shape index (κ1) is 22.8. The molecule has 0 bridgehead atoms. The van der Waals surface area contributed by atoms with Gasteiger partial charge in [0.2, 0.25) is 0 Å². The number of hydrogen-bond acceptors (Lipinski definition) is 5. The normalized spacial score (nSPS) is 13.2. The number of nitrogens with one attached hydrogen (secondary N) is 1. The zero-order valence-electron chi connectivity index (χ0n) is 17.9. The van der Waals surface area contributed by atoms with Crippen LogP contribution in [0.4, 0.5) is 17.1 Å². The van der Waals surface area contributed by atoms with Crippen molar-refractivity contribution in [2.75, 3.05) is 43.1 Å². The molecule has 0 radical (unpaired) electrons. The highest BCUT2D eigenvalue weighted by Crippen LogP contribution is 2.41. The number of anilines is 3. The van der Waals surface area contributed by atoms with Crippen LogP contribution in [0.2, 0.25) is 5.02 Å². The molecule has 2 aromatic carbocycles. The number of esters is 1. The highest BCUT2D eigenvalue weighted by molar-refractivity contribution is 6.31. The topological polar surface area (TPSA) is 61.9 Å². The van der Waals surface area contributed by atoms with Crippen molar-refractivity contribution in [2.24, 2.45) is 0 Å². The van der Waals surface area contributed by atoms with Gasteiger partial charge in [0.1, 0.15) is 0 Å². The molecule has 1 N–H and O–H groups in total. The fourth-order valence-corrected chi connectivity index (χ4v) is 3.76. The lowest BCUT2D eigenvalue weighted by molar-refractivity contribution is -0.137. The van der Waals surface area contributed by atoms with Gasteiger partial charge < -0.3 is 19.9 Å². The van der Waals surface area contributed by atoms with E-state index in [4.69, 9.17) is 16.3 Å². The van der Waals surface area contributed by atoms with Gasteiger partial charge in [-0.25, -0.2) is 4.79 Å². The van der Waals surface area contributed by atoms with Crippen molar-refractivity contribution in [3.05, 3.63) is 65.2 Å². The molecule has 3 rings (SSSR count). The molecule has 0 fully saturated rings. The Morgan fingerprint density at radius 2 is 1.90 bits per heavy atom. The van der Waals surface area contributed by atoms with E-state index >= 15 is 0 Å². The molecule has 0 saturated carbocycles. The number of rotatable bonds is 9. The van der Waals surface area contributed by atoms with Crippen molar-refractivity contribution >= 4 is 40.5 Å². The van der Waals surface area contributed by atoms with Gasteiger partial charge in [-0.3, -0.25) is 4.79 Å². The van der Waals surface area contributed by atoms with E-state index in [0.717, 1.165) is 43.0 Å². The number of hydrogen-bond donors (Lipinski definition) is 1. The highest BCUT2D eigenvalue weighted by atomic mass is 35.5. The van der Waals surface area contributed by atoms with E-state index in [1.165, 1.54) is 6.08 Å². The summed E-state index contributed by atoms with van der Waals surface area (Å²) in [5.41, 5.74) is 3.34. The first-order valence-corrected chi connectivity index (χ1v) is 10.9. The van der Waals surface area contributed by atoms with Crippen LogP contribution < -0.4 is 15.1 Å². The Labute approximate surface area is 188 Å². The molecule has 31 heavy (non-hydrogen) atoms. The lowest BCUT2D eigenvalue weighted by atomic mass is 10.1. The van der Waals surface area contributed by atoms with E-state index in [9.17, 15) is 9.59 Å². The standard InChI is InChI=1S/C24H28ClN3O3/c1-3-31-23(29)11-8-15-26-14-6-7-16-28-21-10-5-4-9-20(21)27(2)24(30)19-13-12-18(25)17-22(19)28/h4-5,8-13,17,26H,3,6-7,14-16H2,1-2H3/b11-8+. The predicted molar refractivity (Wildman–Crippen MR) is 126 cm³/mol. The summed E-state index contributed by atoms with van der Waals surface area (Å²) in [5, 5.41) is 3.90. The summed E-state index contributed by atoms with van der Waals surface area (Å²) in [4.78, 5) is 28.2. The smallest absolute Gasteiger partial charge is 0.330 e. The Kier molecular flexibility index (Phi) is 8.09. The van der Waals surface area contributed by atoms with Crippen LogP contribution in [-0.4, -0.2) is 45.2 Å². The second-order valence-electron chi connectivity index (χ2n) is 7.23. The van der Waals surface area contributed by atoms with Crippen molar-refractivity contribution in [1.82, 2.24) is 5.32 Å². The molecule has 6 nitrogen and oxygen atoms in total. The summed E-state index contributed by atoms with van der Waals surface area (Å²) >= 11 is 6.28. The van der Waals surface area contributed by atoms with Gasteiger partial charge in [0.25, 0.3) is 5.91 Å². The van der Waals surface area contributed by atoms with Crippen molar-refractivity contribution in [2.45, 2.75) is 19.8 Å². The second-order valence-corrected chi connectivity index (χ2v) is 7.67. The molecule has 0 spiro atoms. The summed E-state index contributed by atoms with van der Waals surface area (Å²) in [6.45, 7) is 4.36. The molecule has 164 valence electrons. The number of benzene rings is 2. The molecule has 0 aromatic heterocycles. The van der Waals surface area contributed by atoms with Crippen LogP contribution in [-0.2, 0) is 9.53 Å². The SMILES string of the molecule is CCOC(=O)/C=C/CNCCCCN1c2cc(Cl)ccc2C(=O)N(C)c2ccccc21. The Balaban J connectivity index is 1.65. The number of unbranched alkanes of at least 4 members (excludes halogenated alkanes) is 1. The van der Waals surface area contributed by atoms with Crippen molar-refractivity contribution in [3.8, 4) is 0 Å². The summed E-state index contributed by atoms with van der Waals surface area (Å²) in [6, 6.07) is 13.3. The van der Waals surface area contributed by atoms with Crippen LogP contribution in [0.5, 0.6) is 0 Å². The van der Waals surface area contributed by atoms with Crippen LogP contribution in [0.15, 0.2) is 54.6 Å². The van der Waals surface area contributed by atoms with E-state index in [1.54, 1.807) is 37.1 Å². The summed E-state index contributed by atoms with van der Waals surface area (Å²) in [7, 11) is 1.80. The molecule has 1 aliphatic rings. The Morgan fingerprint density at radius 3 is 2.68 bits per heavy atom. The van der Waals surface area contributed by atoms with Crippen molar-refractivity contribution in [3.63, 3.8) is 0 Å². The monoisotopic (exact) mass is 441 g/mol. The van der Waals surface area contributed by atoms with Crippen LogP contribution in [0.3, 0.4) is 0 Å². The number of halogens is 1. The van der Waals surface area contributed by atoms with Crippen LogP contribution in [0.1, 0.15) is 30.1 Å². The third kappa shape index (κ3) is 5.66. The molecule has 0 aliphatic carbocycles. The Hall–Kier alpha value is -2.83. The van der Waals surface area contributed by atoms with Gasteiger partial charge in [-0.2, -0.15) is 0 Å². The quantitative estimate of drug-likeness (QED) is 0.351. The van der Waals surface area contributed by atoms with Crippen LogP contribution in [0, 0.1) is 0 Å². The van der Waals surface area contributed by atoms with Gasteiger partial charge in [-0.05, 0) is 56.6 Å². The minimum Gasteiger partial charge on any atom is -0.463 e. The first-order valence-electron chi connectivity index (χ1n) is 10.5. The van der Waals surface area contributed by atoms with E-state index < -0.39 is 0 Å². The summed E-state index contributed by atoms with van der Waals surface area (Å²) < 4.78 is 4.85. The molecule has 1 aliphatic heterocycles. The second kappa shape index (κ2) is 11.0. The molecule has 7 heteroatoms. The zero-order chi connectivity index (χ0) is 22.2. The van der Waals surface area contributed by atoms with Crippen LogP contribution >= 0.6 is 11.6 Å². The zero-order valence-corrected chi connectivity index (χ0v) is 18.7. The molecular weight excluding hydrogens is 414 g/mol. The number of carbonyl (C=O) groups is 2. The van der Waals surface area contributed by atoms with Crippen molar-refractivity contribution < 1.29 is 14.3 Å². The van der Waals surface area contributed by atoms with E-state index in [-0.39, 0.29) is 11.9 Å². The Bertz CT molecular complexity index is 961. The lowest BCUT2D eigenvalue weighted by Gasteiger charge is -2.26. The maximum absolute atomic E-state index is 13.0. The van der Waals surface area contributed by atoms with Gasteiger partial charge in [-0.15, -0.1) is 0 Å². The van der Waals surface area contributed by atoms with Crippen molar-refractivity contribution in [1.29, 1.82) is 0 Å². The van der Waals surface area contributed by atoms with Gasteiger partial charge in [0, 0.05) is 31.2 Å². The van der Waals surface area contributed by atoms with Crippen LogP contribution in [0.25, 0.3) is 0 Å². The lowest BCUT2D eigenvalue weighted by Crippen LogP contribution is -2.25. The van der Waals surface area contributed by atoms with Gasteiger partial charge in [-0.1, -0.05) is 29.8 Å². The fraction of sp³-hybridized carbons (Fsp3) is 0.333. The molecular formula is C24H28ClN3O3. The maximum Gasteiger partial charge on any atom is 0.330 e. The maximum atomic E-state index is 13.0. The number of nitrogens with zero attached hydrogens (tertiary/aromatic N) is 2. The molecule has 0 unspecified atom stereocenters. The van der Waals surface area contributed by atoms with Gasteiger partial charge >= 0.3 is 5.97 Å². The largest absolute Gasteiger partial charge is 0.463 e. The van der Waals surface area contributed by atoms with Gasteiger partial charge in [0.15, 0.2) is 0 Å². The number of carbonyl (C=O) groups excluding carboxylic acids is 2. The molecule has 1 amide bonds. The summed E-state index contributed by atoms with van der Waals surface area (Å²) in [5.74, 6) is -0.363. The molecule has 2 aromatic rings. The highest BCUT2D eigenvalue weighted by Gasteiger charge is 2.28. The molecule has 0 saturated heterocycles. The molecule has 1 heterocycles.